The highest BCUT2D eigenvalue weighted by Gasteiger charge is 2.26. The first kappa shape index (κ1) is 18.5. The maximum Gasteiger partial charge on any atom is 0.410 e. The number of aliphatic hydroxyl groups is 1. The molecule has 0 aliphatic carbocycles. The predicted molar refractivity (Wildman–Crippen MR) is 91.5 cm³/mol. The quantitative estimate of drug-likeness (QED) is 0.753. The molecule has 6 heteroatoms. The monoisotopic (exact) mass is 337 g/mol. The van der Waals surface area contributed by atoms with Crippen LogP contribution in [-0.2, 0) is 11.2 Å². The average molecular weight is 337 g/mol. The van der Waals surface area contributed by atoms with Crippen LogP contribution in [-0.4, -0.2) is 68.1 Å². The molecule has 1 heterocycles. The minimum absolute atomic E-state index is 0.240. The Bertz CT molecular complexity index is 498. The van der Waals surface area contributed by atoms with Gasteiger partial charge >= 0.3 is 6.09 Å². The number of rotatable bonds is 7. The van der Waals surface area contributed by atoms with Gasteiger partial charge in [0.1, 0.15) is 25.0 Å². The Hall–Kier alpha value is -1.79. The third-order valence-corrected chi connectivity index (χ3v) is 4.29. The SMILES string of the molecule is CCOC(=O)N1CC[NH+](CC(O)COc2ccc(CC)cc2)CC1. The number of nitrogens with one attached hydrogen (secondary N) is 1. The fourth-order valence-corrected chi connectivity index (χ4v) is 2.83. The van der Waals surface area contributed by atoms with Crippen molar-refractivity contribution in [3.8, 4) is 5.75 Å². The number of hydrogen-bond donors (Lipinski definition) is 2. The Labute approximate surface area is 144 Å². The smallest absolute Gasteiger partial charge is 0.410 e. The lowest BCUT2D eigenvalue weighted by atomic mass is 10.2. The van der Waals surface area contributed by atoms with Gasteiger partial charge in [-0.1, -0.05) is 19.1 Å². The summed E-state index contributed by atoms with van der Waals surface area (Å²) < 4.78 is 10.7. The van der Waals surface area contributed by atoms with E-state index in [9.17, 15) is 9.90 Å². The van der Waals surface area contributed by atoms with E-state index in [0.29, 0.717) is 26.2 Å². The van der Waals surface area contributed by atoms with E-state index in [1.165, 1.54) is 10.5 Å². The Morgan fingerprint density at radius 2 is 1.92 bits per heavy atom. The Balaban J connectivity index is 1.67. The molecule has 1 fully saturated rings. The van der Waals surface area contributed by atoms with E-state index in [1.54, 1.807) is 4.90 Å². The zero-order chi connectivity index (χ0) is 17.4. The number of piperazine rings is 1. The van der Waals surface area contributed by atoms with Gasteiger partial charge in [-0.2, -0.15) is 0 Å². The van der Waals surface area contributed by atoms with Crippen molar-refractivity contribution in [2.75, 3.05) is 45.9 Å². The van der Waals surface area contributed by atoms with Gasteiger partial charge in [0.15, 0.2) is 0 Å². The maximum atomic E-state index is 11.7. The van der Waals surface area contributed by atoms with Crippen molar-refractivity contribution in [1.29, 1.82) is 0 Å². The largest absolute Gasteiger partial charge is 0.491 e. The molecule has 1 aliphatic rings. The number of aliphatic hydroxyl groups excluding tert-OH is 1. The molecule has 1 amide bonds. The van der Waals surface area contributed by atoms with Gasteiger partial charge in [0.05, 0.1) is 32.8 Å². The van der Waals surface area contributed by atoms with Crippen LogP contribution >= 0.6 is 0 Å². The van der Waals surface area contributed by atoms with Gasteiger partial charge in [-0.15, -0.1) is 0 Å². The van der Waals surface area contributed by atoms with Crippen molar-refractivity contribution in [2.45, 2.75) is 26.4 Å². The molecule has 0 saturated carbocycles. The van der Waals surface area contributed by atoms with E-state index >= 15 is 0 Å². The van der Waals surface area contributed by atoms with Crippen LogP contribution in [0.4, 0.5) is 4.79 Å². The van der Waals surface area contributed by atoms with Crippen LogP contribution in [0.1, 0.15) is 19.4 Å². The van der Waals surface area contributed by atoms with Gasteiger partial charge in [-0.3, -0.25) is 4.90 Å². The molecule has 2 N–H and O–H groups in total. The van der Waals surface area contributed by atoms with E-state index < -0.39 is 6.10 Å². The summed E-state index contributed by atoms with van der Waals surface area (Å²) in [5, 5.41) is 10.2. The first-order valence-corrected chi connectivity index (χ1v) is 8.77. The van der Waals surface area contributed by atoms with E-state index in [2.05, 4.69) is 6.92 Å². The zero-order valence-electron chi connectivity index (χ0n) is 14.7. The molecule has 2 rings (SSSR count). The molecule has 134 valence electrons. The molecule has 0 bridgehead atoms. The number of hydrogen-bond acceptors (Lipinski definition) is 4. The van der Waals surface area contributed by atoms with Gasteiger partial charge in [-0.25, -0.2) is 4.79 Å². The topological polar surface area (TPSA) is 63.4 Å². The molecule has 0 aromatic heterocycles. The van der Waals surface area contributed by atoms with Crippen molar-refractivity contribution < 1.29 is 24.3 Å². The Morgan fingerprint density at radius 1 is 1.25 bits per heavy atom. The highest BCUT2D eigenvalue weighted by atomic mass is 16.6. The average Bonchev–Trinajstić information content (AvgIpc) is 2.61. The zero-order valence-corrected chi connectivity index (χ0v) is 14.7. The second-order valence-corrected chi connectivity index (χ2v) is 6.10. The van der Waals surface area contributed by atoms with Crippen LogP contribution in [0, 0.1) is 0 Å². The Morgan fingerprint density at radius 3 is 2.50 bits per heavy atom. The summed E-state index contributed by atoms with van der Waals surface area (Å²) in [7, 11) is 0. The van der Waals surface area contributed by atoms with Crippen LogP contribution in [0.15, 0.2) is 24.3 Å². The summed E-state index contributed by atoms with van der Waals surface area (Å²) in [6, 6.07) is 7.97. The van der Waals surface area contributed by atoms with Gasteiger partial charge in [0, 0.05) is 0 Å². The number of carbonyl (C=O) groups excluding carboxylic acids is 1. The van der Waals surface area contributed by atoms with Crippen molar-refractivity contribution in [2.24, 2.45) is 0 Å². The first-order chi connectivity index (χ1) is 11.6. The summed E-state index contributed by atoms with van der Waals surface area (Å²) in [4.78, 5) is 14.7. The highest BCUT2D eigenvalue weighted by molar-refractivity contribution is 5.67. The van der Waals surface area contributed by atoms with Gasteiger partial charge in [-0.05, 0) is 31.0 Å². The van der Waals surface area contributed by atoms with Crippen molar-refractivity contribution in [3.63, 3.8) is 0 Å². The molecule has 1 aromatic rings. The Kier molecular flexibility index (Phi) is 7.34. The van der Waals surface area contributed by atoms with Crippen molar-refractivity contribution >= 4 is 6.09 Å². The number of benzene rings is 1. The van der Waals surface area contributed by atoms with Crippen LogP contribution < -0.4 is 9.64 Å². The molecule has 6 nitrogen and oxygen atoms in total. The molecule has 1 unspecified atom stereocenters. The first-order valence-electron chi connectivity index (χ1n) is 8.77. The third-order valence-electron chi connectivity index (χ3n) is 4.29. The normalized spacial score (nSPS) is 16.7. The minimum atomic E-state index is -0.514. The number of carbonyl (C=O) groups is 1. The number of nitrogens with zero attached hydrogens (tertiary/aromatic N) is 1. The summed E-state index contributed by atoms with van der Waals surface area (Å²) in [6.45, 7) is 8.22. The molecule has 24 heavy (non-hydrogen) atoms. The van der Waals surface area contributed by atoms with Crippen LogP contribution in [0.5, 0.6) is 5.75 Å². The van der Waals surface area contributed by atoms with E-state index in [0.717, 1.165) is 25.3 Å². The van der Waals surface area contributed by atoms with E-state index in [1.807, 2.05) is 31.2 Å². The molecule has 1 aromatic carbocycles. The van der Waals surface area contributed by atoms with Gasteiger partial charge in [0.25, 0.3) is 0 Å². The number of ether oxygens (including phenoxy) is 2. The highest BCUT2D eigenvalue weighted by Crippen LogP contribution is 2.12. The lowest BCUT2D eigenvalue weighted by molar-refractivity contribution is -0.907. The molecular formula is C18H29N2O4+. The number of amides is 1. The molecule has 0 radical (unpaired) electrons. The predicted octanol–water partition coefficient (Wildman–Crippen LogP) is 0.346. The molecule has 1 atom stereocenters. The van der Waals surface area contributed by atoms with Crippen LogP contribution in [0.2, 0.25) is 0 Å². The number of quaternary nitrogens is 1. The molecular weight excluding hydrogens is 308 g/mol. The summed E-state index contributed by atoms with van der Waals surface area (Å²) >= 11 is 0. The standard InChI is InChI=1S/C18H28N2O4/c1-3-15-5-7-17(8-6-15)24-14-16(21)13-19-9-11-20(12-10-19)18(22)23-4-2/h5-8,16,21H,3-4,9-14H2,1-2H3/p+1. The van der Waals surface area contributed by atoms with Gasteiger partial charge in [0.2, 0.25) is 0 Å². The summed E-state index contributed by atoms with van der Waals surface area (Å²) in [5.74, 6) is 0.786. The van der Waals surface area contributed by atoms with Gasteiger partial charge < -0.3 is 19.5 Å². The maximum absolute atomic E-state index is 11.7. The second kappa shape index (κ2) is 9.49. The third kappa shape index (κ3) is 5.69. The minimum Gasteiger partial charge on any atom is -0.491 e. The van der Waals surface area contributed by atoms with Crippen LogP contribution in [0.25, 0.3) is 0 Å². The molecule has 1 saturated heterocycles. The second-order valence-electron chi connectivity index (χ2n) is 6.10. The van der Waals surface area contributed by atoms with E-state index in [-0.39, 0.29) is 12.7 Å². The summed E-state index contributed by atoms with van der Waals surface area (Å²) in [5.41, 5.74) is 1.27. The van der Waals surface area contributed by atoms with Crippen LogP contribution in [0.3, 0.4) is 0 Å². The summed E-state index contributed by atoms with van der Waals surface area (Å²) in [6.07, 6.45) is 0.250. The van der Waals surface area contributed by atoms with Crippen molar-refractivity contribution in [1.82, 2.24) is 4.90 Å². The lowest BCUT2D eigenvalue weighted by Gasteiger charge is -2.32. The lowest BCUT2D eigenvalue weighted by Crippen LogP contribution is -3.16. The number of aryl methyl sites for hydroxylation is 1. The fourth-order valence-electron chi connectivity index (χ4n) is 2.83. The molecule has 1 aliphatic heterocycles. The van der Waals surface area contributed by atoms with Crippen molar-refractivity contribution in [3.05, 3.63) is 29.8 Å². The fraction of sp³-hybridized carbons (Fsp3) is 0.611. The molecule has 0 spiro atoms. The van der Waals surface area contributed by atoms with E-state index in [4.69, 9.17) is 9.47 Å².